The van der Waals surface area contributed by atoms with Crippen LogP contribution in [0.15, 0.2) is 69.9 Å². The molecule has 5 heteroatoms. The van der Waals surface area contributed by atoms with E-state index in [1.165, 1.54) is 12.1 Å². The summed E-state index contributed by atoms with van der Waals surface area (Å²) in [6, 6.07) is 17.4. The van der Waals surface area contributed by atoms with Crippen molar-refractivity contribution in [3.8, 4) is 28.2 Å². The standard InChI is InChI=1S/C20H15NO4/c1-24-21-17-5-3-2-4-14(17)20-15-8-6-12(22)10-18(15)25-19-11-13(23)7-9-16(19)20/h2-11,21-22H,1H3. The molecule has 5 nitrogen and oxygen atoms in total. The van der Waals surface area contributed by atoms with Crippen molar-refractivity contribution in [1.29, 1.82) is 0 Å². The first-order valence-corrected chi connectivity index (χ1v) is 7.75. The van der Waals surface area contributed by atoms with Gasteiger partial charge in [0, 0.05) is 34.2 Å². The molecule has 0 radical (unpaired) electrons. The highest BCUT2D eigenvalue weighted by atomic mass is 16.6. The smallest absolute Gasteiger partial charge is 0.182 e. The van der Waals surface area contributed by atoms with Gasteiger partial charge in [0.2, 0.25) is 0 Å². The number of anilines is 1. The Morgan fingerprint density at radius 3 is 2.68 bits per heavy atom. The molecule has 1 heterocycles. The van der Waals surface area contributed by atoms with Crippen molar-refractivity contribution in [2.75, 3.05) is 12.6 Å². The zero-order chi connectivity index (χ0) is 17.4. The number of phenols is 1. The van der Waals surface area contributed by atoms with Crippen LogP contribution in [0.25, 0.3) is 33.4 Å². The fraction of sp³-hybridized carbons (Fsp3) is 0.0500. The molecule has 0 saturated carbocycles. The molecule has 2 aromatic rings. The average molecular weight is 333 g/mol. The molecule has 0 atom stereocenters. The lowest BCUT2D eigenvalue weighted by Crippen LogP contribution is -2.02. The van der Waals surface area contributed by atoms with Gasteiger partial charge in [0.05, 0.1) is 12.8 Å². The number of hydrogen-bond acceptors (Lipinski definition) is 5. The van der Waals surface area contributed by atoms with Crippen molar-refractivity contribution < 1.29 is 14.4 Å². The van der Waals surface area contributed by atoms with Gasteiger partial charge in [-0.05, 0) is 30.3 Å². The van der Waals surface area contributed by atoms with Gasteiger partial charge in [-0.2, -0.15) is 0 Å². The van der Waals surface area contributed by atoms with Crippen molar-refractivity contribution in [2.45, 2.75) is 0 Å². The van der Waals surface area contributed by atoms with Crippen molar-refractivity contribution in [2.24, 2.45) is 0 Å². The molecular formula is C20H15NO4. The molecule has 0 amide bonds. The van der Waals surface area contributed by atoms with Gasteiger partial charge in [0.1, 0.15) is 17.1 Å². The van der Waals surface area contributed by atoms with Crippen LogP contribution in [-0.4, -0.2) is 12.2 Å². The molecule has 2 aliphatic rings. The first kappa shape index (κ1) is 15.2. The van der Waals surface area contributed by atoms with Crippen LogP contribution in [0.4, 0.5) is 5.69 Å². The molecular weight excluding hydrogens is 318 g/mol. The fourth-order valence-electron chi connectivity index (χ4n) is 3.05. The molecule has 2 aromatic carbocycles. The number of rotatable bonds is 3. The Bertz CT molecular complexity index is 1100. The predicted molar refractivity (Wildman–Crippen MR) is 96.8 cm³/mol. The number of fused-ring (bicyclic) bond motifs is 2. The molecule has 0 spiro atoms. The van der Waals surface area contributed by atoms with Crippen molar-refractivity contribution in [3.63, 3.8) is 0 Å². The minimum absolute atomic E-state index is 0.100. The molecule has 2 N–H and O–H groups in total. The Kier molecular flexibility index (Phi) is 3.63. The van der Waals surface area contributed by atoms with Crippen LogP contribution >= 0.6 is 0 Å². The summed E-state index contributed by atoms with van der Waals surface area (Å²) in [6.45, 7) is 0. The third-order valence-corrected chi connectivity index (χ3v) is 4.09. The van der Waals surface area contributed by atoms with Crippen LogP contribution in [0.1, 0.15) is 0 Å². The fourth-order valence-corrected chi connectivity index (χ4v) is 3.05. The maximum absolute atomic E-state index is 11.8. The van der Waals surface area contributed by atoms with E-state index in [1.807, 2.05) is 24.3 Å². The van der Waals surface area contributed by atoms with Gasteiger partial charge < -0.3 is 9.52 Å². The number of nitrogens with one attached hydrogen (secondary N) is 1. The van der Waals surface area contributed by atoms with Crippen molar-refractivity contribution >= 4 is 16.7 Å². The number of para-hydroxylation sites is 1. The summed E-state index contributed by atoms with van der Waals surface area (Å²) in [5.74, 6) is 0.566. The zero-order valence-corrected chi connectivity index (χ0v) is 13.4. The van der Waals surface area contributed by atoms with Gasteiger partial charge in [-0.3, -0.25) is 15.1 Å². The first-order chi connectivity index (χ1) is 12.2. The van der Waals surface area contributed by atoms with Gasteiger partial charge >= 0.3 is 0 Å². The minimum Gasteiger partial charge on any atom is -0.508 e. The molecule has 0 bridgehead atoms. The quantitative estimate of drug-likeness (QED) is 0.433. The number of benzene rings is 3. The summed E-state index contributed by atoms with van der Waals surface area (Å²) < 4.78 is 5.86. The lowest BCUT2D eigenvalue weighted by atomic mass is 9.93. The SMILES string of the molecule is CONc1ccccc1-c1c2ccc(=O)cc-2oc2cc(O)ccc12. The van der Waals surface area contributed by atoms with Gasteiger partial charge in [0.25, 0.3) is 0 Å². The zero-order valence-electron chi connectivity index (χ0n) is 13.4. The third-order valence-electron chi connectivity index (χ3n) is 4.09. The Hall–Kier alpha value is -3.31. The van der Waals surface area contributed by atoms with E-state index in [2.05, 4.69) is 5.48 Å². The Labute approximate surface area is 143 Å². The van der Waals surface area contributed by atoms with E-state index in [0.717, 1.165) is 27.8 Å². The van der Waals surface area contributed by atoms with E-state index in [1.54, 1.807) is 31.4 Å². The molecule has 4 rings (SSSR count). The first-order valence-electron chi connectivity index (χ1n) is 7.75. The molecule has 25 heavy (non-hydrogen) atoms. The van der Waals surface area contributed by atoms with Crippen LogP contribution in [0, 0.1) is 0 Å². The Morgan fingerprint density at radius 1 is 1.00 bits per heavy atom. The predicted octanol–water partition coefficient (Wildman–Crippen LogP) is 4.24. The van der Waals surface area contributed by atoms with Crippen LogP contribution in [0.5, 0.6) is 5.75 Å². The lowest BCUT2D eigenvalue weighted by Gasteiger charge is -2.17. The van der Waals surface area contributed by atoms with Crippen molar-refractivity contribution in [3.05, 3.63) is 70.9 Å². The highest BCUT2D eigenvalue weighted by molar-refractivity contribution is 6.04. The Balaban J connectivity index is 2.16. The monoisotopic (exact) mass is 333 g/mol. The largest absolute Gasteiger partial charge is 0.508 e. The van der Waals surface area contributed by atoms with E-state index < -0.39 is 0 Å². The second-order valence-electron chi connectivity index (χ2n) is 5.67. The second-order valence-corrected chi connectivity index (χ2v) is 5.67. The van der Waals surface area contributed by atoms with Gasteiger partial charge in [-0.15, -0.1) is 0 Å². The van der Waals surface area contributed by atoms with Gasteiger partial charge in [-0.25, -0.2) is 0 Å². The third kappa shape index (κ3) is 2.60. The van der Waals surface area contributed by atoms with Crippen LogP contribution in [0.2, 0.25) is 0 Å². The van der Waals surface area contributed by atoms with Crippen LogP contribution in [0.3, 0.4) is 0 Å². The number of phenolic OH excluding ortho intramolecular Hbond substituents is 1. The molecule has 0 unspecified atom stereocenters. The summed E-state index contributed by atoms with van der Waals surface area (Å²) in [5.41, 5.74) is 6.65. The molecule has 0 aromatic heterocycles. The van der Waals surface area contributed by atoms with E-state index in [9.17, 15) is 9.90 Å². The summed E-state index contributed by atoms with van der Waals surface area (Å²) in [5, 5.41) is 10.6. The Morgan fingerprint density at radius 2 is 1.84 bits per heavy atom. The van der Waals surface area contributed by atoms with Crippen LogP contribution < -0.4 is 10.9 Å². The molecule has 1 aliphatic carbocycles. The lowest BCUT2D eigenvalue weighted by molar-refractivity contribution is 0.271. The van der Waals surface area contributed by atoms with Gasteiger partial charge in [0.15, 0.2) is 5.43 Å². The maximum atomic E-state index is 11.8. The topological polar surface area (TPSA) is 71.7 Å². The van der Waals surface area contributed by atoms with Gasteiger partial charge in [-0.1, -0.05) is 18.2 Å². The van der Waals surface area contributed by atoms with Crippen molar-refractivity contribution in [1.82, 2.24) is 0 Å². The van der Waals surface area contributed by atoms with Crippen LogP contribution in [-0.2, 0) is 4.84 Å². The summed E-state index contributed by atoms with van der Waals surface area (Å²) in [6.07, 6.45) is 0. The summed E-state index contributed by atoms with van der Waals surface area (Å²) >= 11 is 0. The number of aromatic hydroxyl groups is 1. The second kappa shape index (κ2) is 5.96. The molecule has 124 valence electrons. The summed E-state index contributed by atoms with van der Waals surface area (Å²) in [4.78, 5) is 16.9. The van der Waals surface area contributed by atoms with E-state index in [-0.39, 0.29) is 11.2 Å². The summed E-state index contributed by atoms with van der Waals surface area (Å²) in [7, 11) is 1.55. The average Bonchev–Trinajstić information content (AvgIpc) is 2.60. The maximum Gasteiger partial charge on any atom is 0.182 e. The van der Waals surface area contributed by atoms with E-state index >= 15 is 0 Å². The number of hydrogen-bond donors (Lipinski definition) is 2. The highest BCUT2D eigenvalue weighted by Gasteiger charge is 2.19. The van der Waals surface area contributed by atoms with E-state index in [0.29, 0.717) is 11.3 Å². The molecule has 1 aliphatic heterocycles. The molecule has 0 fully saturated rings. The minimum atomic E-state index is -0.134. The molecule has 0 saturated heterocycles. The normalized spacial score (nSPS) is 11.1. The highest BCUT2D eigenvalue weighted by Crippen LogP contribution is 2.42. The van der Waals surface area contributed by atoms with E-state index in [4.69, 9.17) is 9.25 Å².